The molecule has 0 N–H and O–H groups in total. The molecule has 2 aromatic carbocycles. The Morgan fingerprint density at radius 3 is 2.78 bits per heavy atom. The molecule has 4 rings (SSSR count). The molecule has 0 atom stereocenters. The van der Waals surface area contributed by atoms with E-state index in [0.717, 1.165) is 22.9 Å². The highest BCUT2D eigenvalue weighted by Gasteiger charge is 2.14. The van der Waals surface area contributed by atoms with Crippen molar-refractivity contribution in [1.82, 2.24) is 19.9 Å². The van der Waals surface area contributed by atoms with Gasteiger partial charge in [0.05, 0.1) is 42.9 Å². The number of halogens is 1. The van der Waals surface area contributed by atoms with Crippen LogP contribution in [0.25, 0.3) is 33.7 Å². The van der Waals surface area contributed by atoms with Crippen molar-refractivity contribution in [3.63, 3.8) is 0 Å². The molecule has 9 heteroatoms. The summed E-state index contributed by atoms with van der Waals surface area (Å²) < 4.78 is 17.8. The summed E-state index contributed by atoms with van der Waals surface area (Å²) in [5.74, 6) is 1.22. The lowest BCUT2D eigenvalue weighted by Gasteiger charge is -2.06. The molecule has 0 amide bonds. The van der Waals surface area contributed by atoms with Gasteiger partial charge >= 0.3 is 5.97 Å². The molecule has 8 nitrogen and oxygen atoms in total. The second kappa shape index (κ2) is 9.82. The Morgan fingerprint density at radius 1 is 1.16 bits per heavy atom. The SMILES string of the molecule is CCCOc1ccc(-c2nc(-c3ccc4c(cnn4CCC(=O)OCC)c3)no2)cc1Cl. The fourth-order valence-corrected chi connectivity index (χ4v) is 3.49. The maximum absolute atomic E-state index is 11.6. The minimum atomic E-state index is -0.239. The summed E-state index contributed by atoms with van der Waals surface area (Å²) >= 11 is 6.32. The molecular weight excluding hydrogens is 432 g/mol. The number of hydrogen-bond acceptors (Lipinski definition) is 7. The Labute approximate surface area is 190 Å². The van der Waals surface area contributed by atoms with E-state index in [-0.39, 0.29) is 12.4 Å². The van der Waals surface area contributed by atoms with Gasteiger partial charge in [0.15, 0.2) is 0 Å². The highest BCUT2D eigenvalue weighted by Crippen LogP contribution is 2.31. The molecule has 0 saturated heterocycles. The lowest BCUT2D eigenvalue weighted by Crippen LogP contribution is -2.09. The molecule has 4 aromatic rings. The molecule has 0 saturated carbocycles. The van der Waals surface area contributed by atoms with E-state index in [1.54, 1.807) is 29.9 Å². The van der Waals surface area contributed by atoms with Gasteiger partial charge in [-0.1, -0.05) is 23.7 Å². The van der Waals surface area contributed by atoms with E-state index < -0.39 is 0 Å². The minimum Gasteiger partial charge on any atom is -0.492 e. The van der Waals surface area contributed by atoms with Gasteiger partial charge < -0.3 is 14.0 Å². The van der Waals surface area contributed by atoms with Crippen LogP contribution < -0.4 is 4.74 Å². The zero-order valence-electron chi connectivity index (χ0n) is 17.9. The average Bonchev–Trinajstić information content (AvgIpc) is 3.44. The first-order chi connectivity index (χ1) is 15.6. The smallest absolute Gasteiger partial charge is 0.307 e. The van der Waals surface area contributed by atoms with Gasteiger partial charge in [-0.3, -0.25) is 9.48 Å². The number of hydrogen-bond donors (Lipinski definition) is 0. The van der Waals surface area contributed by atoms with Gasteiger partial charge in [0, 0.05) is 16.5 Å². The third-order valence-corrected chi connectivity index (χ3v) is 5.09. The van der Waals surface area contributed by atoms with E-state index >= 15 is 0 Å². The Kier molecular flexibility index (Phi) is 6.70. The minimum absolute atomic E-state index is 0.239. The van der Waals surface area contributed by atoms with Crippen molar-refractivity contribution in [3.8, 4) is 28.6 Å². The van der Waals surface area contributed by atoms with Crippen molar-refractivity contribution in [2.45, 2.75) is 33.2 Å². The summed E-state index contributed by atoms with van der Waals surface area (Å²) in [5.41, 5.74) is 2.42. The molecular formula is C23H23ClN4O4. The van der Waals surface area contributed by atoms with E-state index in [4.69, 9.17) is 25.6 Å². The number of nitrogens with zero attached hydrogens (tertiary/aromatic N) is 4. The molecule has 0 spiro atoms. The molecule has 0 radical (unpaired) electrons. The van der Waals surface area contributed by atoms with Gasteiger partial charge in [-0.25, -0.2) is 0 Å². The van der Waals surface area contributed by atoms with E-state index in [1.165, 1.54) is 0 Å². The van der Waals surface area contributed by atoms with Gasteiger partial charge in [0.1, 0.15) is 5.75 Å². The highest BCUT2D eigenvalue weighted by atomic mass is 35.5. The summed E-state index contributed by atoms with van der Waals surface area (Å²) in [5, 5.41) is 9.89. The predicted molar refractivity (Wildman–Crippen MR) is 121 cm³/mol. The molecule has 2 heterocycles. The van der Waals surface area contributed by atoms with Gasteiger partial charge in [0.25, 0.3) is 5.89 Å². The van der Waals surface area contributed by atoms with Gasteiger partial charge in [0.2, 0.25) is 5.82 Å². The maximum Gasteiger partial charge on any atom is 0.307 e. The average molecular weight is 455 g/mol. The number of benzene rings is 2. The van der Waals surface area contributed by atoms with Crippen LogP contribution >= 0.6 is 11.6 Å². The van der Waals surface area contributed by atoms with Crippen LogP contribution in [-0.2, 0) is 16.1 Å². The molecule has 166 valence electrons. The normalized spacial score (nSPS) is 11.1. The van der Waals surface area contributed by atoms with Crippen LogP contribution in [0.1, 0.15) is 26.7 Å². The van der Waals surface area contributed by atoms with Crippen LogP contribution in [0, 0.1) is 0 Å². The van der Waals surface area contributed by atoms with Crippen molar-refractivity contribution in [2.24, 2.45) is 0 Å². The quantitative estimate of drug-likeness (QED) is 0.323. The standard InChI is InChI=1S/C23H23ClN4O4/c1-3-11-31-20-8-6-16(13-18(20)24)23-26-22(27-32-23)15-5-7-19-17(12-15)14-25-28(19)10-9-21(29)30-4-2/h5-8,12-14H,3-4,9-11H2,1-2H3. The van der Waals surface area contributed by atoms with Crippen molar-refractivity contribution in [1.29, 1.82) is 0 Å². The number of ether oxygens (including phenoxy) is 2. The zero-order chi connectivity index (χ0) is 22.5. The van der Waals surface area contributed by atoms with Gasteiger partial charge in [-0.2, -0.15) is 10.1 Å². The Bertz CT molecular complexity index is 1230. The largest absolute Gasteiger partial charge is 0.492 e. The first kappa shape index (κ1) is 21.8. The van der Waals surface area contributed by atoms with Crippen LogP contribution in [0.5, 0.6) is 5.75 Å². The molecule has 0 fully saturated rings. The molecule has 0 aliphatic heterocycles. The van der Waals surface area contributed by atoms with E-state index in [9.17, 15) is 4.79 Å². The number of carbonyl (C=O) groups is 1. The van der Waals surface area contributed by atoms with E-state index in [0.29, 0.717) is 47.8 Å². The first-order valence-corrected chi connectivity index (χ1v) is 10.8. The number of fused-ring (bicyclic) bond motifs is 1. The maximum atomic E-state index is 11.6. The molecule has 0 unspecified atom stereocenters. The second-order valence-corrected chi connectivity index (χ2v) is 7.52. The number of esters is 1. The molecule has 0 aliphatic rings. The Balaban J connectivity index is 1.52. The molecule has 32 heavy (non-hydrogen) atoms. The predicted octanol–water partition coefficient (Wildman–Crippen LogP) is 5.15. The van der Waals surface area contributed by atoms with Crippen LogP contribution in [0.15, 0.2) is 47.1 Å². The van der Waals surface area contributed by atoms with Crippen LogP contribution in [0.3, 0.4) is 0 Å². The highest BCUT2D eigenvalue weighted by molar-refractivity contribution is 6.32. The molecule has 0 bridgehead atoms. The lowest BCUT2D eigenvalue weighted by atomic mass is 10.1. The van der Waals surface area contributed by atoms with Crippen molar-refractivity contribution >= 4 is 28.5 Å². The number of aromatic nitrogens is 4. The van der Waals surface area contributed by atoms with Crippen molar-refractivity contribution in [3.05, 3.63) is 47.6 Å². The summed E-state index contributed by atoms with van der Waals surface area (Å²) in [4.78, 5) is 16.1. The summed E-state index contributed by atoms with van der Waals surface area (Å²) in [7, 11) is 0. The molecule has 2 aromatic heterocycles. The fraction of sp³-hybridized carbons (Fsp3) is 0.304. The first-order valence-electron chi connectivity index (χ1n) is 10.5. The van der Waals surface area contributed by atoms with Crippen LogP contribution in [0.4, 0.5) is 0 Å². The Hall–Kier alpha value is -3.39. The Morgan fingerprint density at radius 2 is 2.00 bits per heavy atom. The molecule has 0 aliphatic carbocycles. The van der Waals surface area contributed by atoms with Crippen LogP contribution in [-0.4, -0.2) is 39.1 Å². The topological polar surface area (TPSA) is 92.3 Å². The zero-order valence-corrected chi connectivity index (χ0v) is 18.6. The van der Waals surface area contributed by atoms with E-state index in [1.807, 2.05) is 31.2 Å². The number of aryl methyl sites for hydroxylation is 1. The number of carbonyl (C=O) groups excluding carboxylic acids is 1. The summed E-state index contributed by atoms with van der Waals surface area (Å²) in [6.07, 6.45) is 2.92. The monoisotopic (exact) mass is 454 g/mol. The van der Waals surface area contributed by atoms with Gasteiger partial charge in [-0.15, -0.1) is 0 Å². The fourth-order valence-electron chi connectivity index (χ4n) is 3.26. The van der Waals surface area contributed by atoms with Crippen molar-refractivity contribution < 1.29 is 18.8 Å². The van der Waals surface area contributed by atoms with Crippen molar-refractivity contribution in [2.75, 3.05) is 13.2 Å². The van der Waals surface area contributed by atoms with Gasteiger partial charge in [-0.05, 0) is 49.7 Å². The summed E-state index contributed by atoms with van der Waals surface area (Å²) in [6.45, 7) is 5.25. The number of rotatable bonds is 9. The third-order valence-electron chi connectivity index (χ3n) is 4.80. The second-order valence-electron chi connectivity index (χ2n) is 7.11. The summed E-state index contributed by atoms with van der Waals surface area (Å²) in [6, 6.07) is 11.1. The van der Waals surface area contributed by atoms with E-state index in [2.05, 4.69) is 15.2 Å². The van der Waals surface area contributed by atoms with Crippen LogP contribution in [0.2, 0.25) is 5.02 Å². The third kappa shape index (κ3) is 4.75. The lowest BCUT2D eigenvalue weighted by molar-refractivity contribution is -0.143.